The molecule has 1 aliphatic heterocycles. The second-order valence-corrected chi connectivity index (χ2v) is 6.91. The van der Waals surface area contributed by atoms with Crippen molar-refractivity contribution in [3.8, 4) is 0 Å². The predicted octanol–water partition coefficient (Wildman–Crippen LogP) is 3.57. The molecule has 0 spiro atoms. The van der Waals surface area contributed by atoms with Crippen LogP contribution in [0.5, 0.6) is 0 Å². The van der Waals surface area contributed by atoms with Gasteiger partial charge in [-0.2, -0.15) is 0 Å². The van der Waals surface area contributed by atoms with Gasteiger partial charge in [-0.1, -0.05) is 18.2 Å². The molecule has 0 aliphatic carbocycles. The second-order valence-electron chi connectivity index (χ2n) is 6.91. The van der Waals surface area contributed by atoms with Crippen LogP contribution in [0.4, 0.5) is 0 Å². The van der Waals surface area contributed by atoms with E-state index >= 15 is 0 Å². The highest BCUT2D eigenvalue weighted by molar-refractivity contribution is 14.0. The first kappa shape index (κ1) is 21.0. The lowest BCUT2D eigenvalue weighted by Gasteiger charge is -2.24. The molecule has 0 saturated carbocycles. The Balaban J connectivity index is 0.00000243. The van der Waals surface area contributed by atoms with Crippen LogP contribution in [0.25, 0.3) is 10.9 Å². The number of aliphatic imine (C=N–C) groups is 1. The maximum Gasteiger partial charge on any atom is 0.193 e. The summed E-state index contributed by atoms with van der Waals surface area (Å²) in [5.74, 6) is 1.61. The van der Waals surface area contributed by atoms with Crippen LogP contribution < -0.4 is 5.32 Å². The standard InChI is InChI=1S/C20H30N4O.HI/c1-4-21-20(24(3)13-16-9-11-25-14-16)22-10-8-17-12-23-19-15(2)6-5-7-18(17)19;/h5-7,12,16,23H,4,8-11,13-14H2,1-3H3,(H,21,22);1H. The molecule has 1 aromatic carbocycles. The van der Waals surface area contributed by atoms with Crippen LogP contribution in [0.1, 0.15) is 24.5 Å². The number of para-hydroxylation sites is 1. The number of aromatic nitrogens is 1. The maximum absolute atomic E-state index is 5.49. The first-order valence-electron chi connectivity index (χ1n) is 9.31. The fourth-order valence-electron chi connectivity index (χ4n) is 3.52. The van der Waals surface area contributed by atoms with Crippen LogP contribution in [0.2, 0.25) is 0 Å². The average molecular weight is 470 g/mol. The number of nitrogens with one attached hydrogen (secondary N) is 2. The van der Waals surface area contributed by atoms with Crippen LogP contribution in [0, 0.1) is 12.8 Å². The number of benzene rings is 1. The summed E-state index contributed by atoms with van der Waals surface area (Å²) >= 11 is 0. The number of nitrogens with zero attached hydrogens (tertiary/aromatic N) is 2. The van der Waals surface area contributed by atoms with Gasteiger partial charge in [0.2, 0.25) is 0 Å². The Morgan fingerprint density at radius 3 is 3.00 bits per heavy atom. The number of fused-ring (bicyclic) bond motifs is 1. The minimum atomic E-state index is 0. The van der Waals surface area contributed by atoms with Crippen LogP contribution in [0.3, 0.4) is 0 Å². The summed E-state index contributed by atoms with van der Waals surface area (Å²) in [5, 5.41) is 4.73. The molecule has 1 atom stereocenters. The first-order chi connectivity index (χ1) is 12.2. The van der Waals surface area contributed by atoms with E-state index < -0.39 is 0 Å². The molecule has 0 bridgehead atoms. The van der Waals surface area contributed by atoms with E-state index in [9.17, 15) is 0 Å². The molecule has 6 heteroatoms. The lowest BCUT2D eigenvalue weighted by atomic mass is 10.1. The molecule has 1 aliphatic rings. The van der Waals surface area contributed by atoms with Crippen LogP contribution in [-0.4, -0.2) is 55.7 Å². The van der Waals surface area contributed by atoms with Crippen molar-refractivity contribution in [3.63, 3.8) is 0 Å². The van der Waals surface area contributed by atoms with Gasteiger partial charge in [0, 0.05) is 56.3 Å². The van der Waals surface area contributed by atoms with Gasteiger partial charge >= 0.3 is 0 Å². The van der Waals surface area contributed by atoms with Crippen LogP contribution in [-0.2, 0) is 11.2 Å². The number of aromatic amines is 1. The molecule has 5 nitrogen and oxygen atoms in total. The number of hydrogen-bond acceptors (Lipinski definition) is 2. The normalized spacial score (nSPS) is 17.3. The topological polar surface area (TPSA) is 52.7 Å². The van der Waals surface area contributed by atoms with Crippen molar-refractivity contribution in [3.05, 3.63) is 35.5 Å². The van der Waals surface area contributed by atoms with Crippen molar-refractivity contribution in [2.45, 2.75) is 26.7 Å². The molecule has 0 radical (unpaired) electrons. The van der Waals surface area contributed by atoms with E-state index in [0.717, 1.165) is 51.6 Å². The molecule has 2 heterocycles. The molecule has 3 rings (SSSR count). The van der Waals surface area contributed by atoms with Gasteiger partial charge in [-0.3, -0.25) is 4.99 Å². The van der Waals surface area contributed by atoms with Crippen molar-refractivity contribution in [2.24, 2.45) is 10.9 Å². The minimum absolute atomic E-state index is 0. The highest BCUT2D eigenvalue weighted by Crippen LogP contribution is 2.21. The van der Waals surface area contributed by atoms with Gasteiger partial charge in [0.25, 0.3) is 0 Å². The van der Waals surface area contributed by atoms with Crippen molar-refractivity contribution >= 4 is 40.8 Å². The zero-order valence-electron chi connectivity index (χ0n) is 16.0. The molecular weight excluding hydrogens is 439 g/mol. The molecule has 144 valence electrons. The van der Waals surface area contributed by atoms with Gasteiger partial charge in [0.1, 0.15) is 0 Å². The Morgan fingerprint density at radius 1 is 1.42 bits per heavy atom. The summed E-state index contributed by atoms with van der Waals surface area (Å²) in [4.78, 5) is 10.5. The van der Waals surface area contributed by atoms with Gasteiger partial charge in [-0.05, 0) is 37.8 Å². The third-order valence-corrected chi connectivity index (χ3v) is 4.90. The number of rotatable bonds is 6. The number of guanidine groups is 1. The van der Waals surface area contributed by atoms with E-state index in [4.69, 9.17) is 9.73 Å². The van der Waals surface area contributed by atoms with E-state index in [1.807, 2.05) is 0 Å². The highest BCUT2D eigenvalue weighted by Gasteiger charge is 2.19. The lowest BCUT2D eigenvalue weighted by molar-refractivity contribution is 0.181. The maximum atomic E-state index is 5.49. The van der Waals surface area contributed by atoms with Gasteiger partial charge < -0.3 is 19.9 Å². The van der Waals surface area contributed by atoms with Crippen LogP contribution >= 0.6 is 24.0 Å². The van der Waals surface area contributed by atoms with E-state index in [1.165, 1.54) is 22.0 Å². The van der Waals surface area contributed by atoms with Crippen LogP contribution in [0.15, 0.2) is 29.4 Å². The molecule has 1 aromatic heterocycles. The molecule has 26 heavy (non-hydrogen) atoms. The van der Waals surface area contributed by atoms with Gasteiger partial charge in [-0.15, -0.1) is 24.0 Å². The highest BCUT2D eigenvalue weighted by atomic mass is 127. The summed E-state index contributed by atoms with van der Waals surface area (Å²) in [5.41, 5.74) is 3.87. The lowest BCUT2D eigenvalue weighted by Crippen LogP contribution is -2.41. The van der Waals surface area contributed by atoms with E-state index in [1.54, 1.807) is 0 Å². The monoisotopic (exact) mass is 470 g/mol. The molecule has 2 aromatic rings. The zero-order valence-corrected chi connectivity index (χ0v) is 18.4. The SMILES string of the molecule is CCNC(=NCCc1c[nH]c2c(C)cccc12)N(C)CC1CCOC1.I. The van der Waals surface area contributed by atoms with E-state index in [-0.39, 0.29) is 24.0 Å². The first-order valence-corrected chi connectivity index (χ1v) is 9.31. The van der Waals surface area contributed by atoms with Crippen molar-refractivity contribution < 1.29 is 4.74 Å². The molecule has 1 fully saturated rings. The minimum Gasteiger partial charge on any atom is -0.381 e. The summed E-state index contributed by atoms with van der Waals surface area (Å²) in [7, 11) is 2.12. The summed E-state index contributed by atoms with van der Waals surface area (Å²) in [6, 6.07) is 6.46. The third-order valence-electron chi connectivity index (χ3n) is 4.90. The van der Waals surface area contributed by atoms with Gasteiger partial charge in [-0.25, -0.2) is 0 Å². The third kappa shape index (κ3) is 5.13. The Kier molecular flexibility index (Phi) is 8.21. The molecular formula is C20H31IN4O. The number of aryl methyl sites for hydroxylation is 1. The molecule has 2 N–H and O–H groups in total. The Hall–Kier alpha value is -1.28. The summed E-state index contributed by atoms with van der Waals surface area (Å²) in [6.45, 7) is 8.70. The van der Waals surface area contributed by atoms with Gasteiger partial charge in [0.05, 0.1) is 6.61 Å². The molecule has 1 saturated heterocycles. The molecule has 1 unspecified atom stereocenters. The summed E-state index contributed by atoms with van der Waals surface area (Å²) < 4.78 is 5.49. The van der Waals surface area contributed by atoms with Crippen molar-refractivity contribution in [1.29, 1.82) is 0 Å². The Bertz CT molecular complexity index is 722. The fourth-order valence-corrected chi connectivity index (χ4v) is 3.52. The molecule has 0 amide bonds. The smallest absolute Gasteiger partial charge is 0.193 e. The predicted molar refractivity (Wildman–Crippen MR) is 120 cm³/mol. The summed E-state index contributed by atoms with van der Waals surface area (Å²) in [6.07, 6.45) is 4.22. The van der Waals surface area contributed by atoms with Gasteiger partial charge in [0.15, 0.2) is 5.96 Å². The quantitative estimate of drug-likeness (QED) is 0.386. The van der Waals surface area contributed by atoms with Crippen molar-refractivity contribution in [2.75, 3.05) is 39.9 Å². The fraction of sp³-hybridized carbons (Fsp3) is 0.550. The average Bonchev–Trinajstić information content (AvgIpc) is 3.25. The van der Waals surface area contributed by atoms with E-state index in [2.05, 4.69) is 60.5 Å². The number of hydrogen-bond donors (Lipinski definition) is 2. The number of halogens is 1. The Labute approximate surface area is 173 Å². The Morgan fingerprint density at radius 2 is 2.27 bits per heavy atom. The number of H-pyrrole nitrogens is 1. The number of ether oxygens (including phenoxy) is 1. The van der Waals surface area contributed by atoms with E-state index in [0.29, 0.717) is 5.92 Å². The van der Waals surface area contributed by atoms with Crippen molar-refractivity contribution in [1.82, 2.24) is 15.2 Å². The zero-order chi connectivity index (χ0) is 17.6. The largest absolute Gasteiger partial charge is 0.381 e. The second kappa shape index (κ2) is 10.2.